The first-order valence-electron chi connectivity index (χ1n) is 8.66. The summed E-state index contributed by atoms with van der Waals surface area (Å²) in [5, 5.41) is 3.83. The largest absolute Gasteiger partial charge is 0.465 e. The van der Waals surface area contributed by atoms with Gasteiger partial charge in [0, 0.05) is 7.05 Å². The zero-order valence-electron chi connectivity index (χ0n) is 16.2. The third-order valence-electron chi connectivity index (χ3n) is 4.33. The van der Waals surface area contributed by atoms with Gasteiger partial charge in [-0.1, -0.05) is 36.0 Å². The van der Waals surface area contributed by atoms with Crippen LogP contribution in [-0.4, -0.2) is 31.6 Å². The Morgan fingerprint density at radius 1 is 1.21 bits per heavy atom. The minimum absolute atomic E-state index is 0.121. The summed E-state index contributed by atoms with van der Waals surface area (Å²) in [5.74, 6) is -0.726. The summed E-state index contributed by atoms with van der Waals surface area (Å²) < 4.78 is 16.9. The van der Waals surface area contributed by atoms with Gasteiger partial charge in [0.15, 0.2) is 5.17 Å². The molecule has 0 aromatic heterocycles. The molecule has 7 heteroatoms. The molecular weight excluding hydrogens is 379 g/mol. The maximum absolute atomic E-state index is 13.1. The molecule has 2 aromatic carbocycles. The number of halogens is 1. The Balaban J connectivity index is 2.17. The predicted molar refractivity (Wildman–Crippen MR) is 110 cm³/mol. The lowest BCUT2D eigenvalue weighted by Crippen LogP contribution is -2.30. The molecule has 0 radical (unpaired) electrons. The summed E-state index contributed by atoms with van der Waals surface area (Å²) in [7, 11) is 2.96. The Hall–Kier alpha value is -2.67. The van der Waals surface area contributed by atoms with Crippen molar-refractivity contribution < 1.29 is 18.7 Å². The van der Waals surface area contributed by atoms with Gasteiger partial charge in [0.25, 0.3) is 0 Å². The van der Waals surface area contributed by atoms with E-state index in [9.17, 15) is 14.0 Å². The molecule has 2 rings (SSSR count). The van der Waals surface area contributed by atoms with Crippen LogP contribution in [-0.2, 0) is 14.3 Å². The van der Waals surface area contributed by atoms with Gasteiger partial charge in [-0.2, -0.15) is 0 Å². The van der Waals surface area contributed by atoms with Gasteiger partial charge in [-0.15, -0.1) is 0 Å². The van der Waals surface area contributed by atoms with Gasteiger partial charge in [-0.3, -0.25) is 4.99 Å². The molecule has 0 heterocycles. The van der Waals surface area contributed by atoms with Crippen molar-refractivity contribution in [2.24, 2.45) is 4.99 Å². The van der Waals surface area contributed by atoms with Crippen molar-refractivity contribution in [2.45, 2.75) is 24.6 Å². The van der Waals surface area contributed by atoms with E-state index in [0.717, 1.165) is 17.4 Å². The number of methoxy groups -OCH3 is 1. The molecule has 28 heavy (non-hydrogen) atoms. The Labute approximate surface area is 168 Å². The van der Waals surface area contributed by atoms with Gasteiger partial charge in [0.05, 0.1) is 18.7 Å². The zero-order valence-corrected chi connectivity index (χ0v) is 17.0. The summed E-state index contributed by atoms with van der Waals surface area (Å²) in [5.41, 5.74) is 2.05. The van der Waals surface area contributed by atoms with E-state index >= 15 is 0 Å². The number of carbonyl (C=O) groups is 2. The lowest BCUT2D eigenvalue weighted by atomic mass is 10.0. The van der Waals surface area contributed by atoms with Crippen LogP contribution in [0.4, 0.5) is 4.39 Å². The van der Waals surface area contributed by atoms with E-state index in [1.807, 2.05) is 6.92 Å². The molecule has 0 bridgehead atoms. The fourth-order valence-electron chi connectivity index (χ4n) is 2.57. The molecule has 0 saturated carbocycles. The molecule has 2 atom stereocenters. The van der Waals surface area contributed by atoms with E-state index in [0.29, 0.717) is 10.7 Å². The van der Waals surface area contributed by atoms with Crippen molar-refractivity contribution >= 4 is 29.2 Å². The maximum atomic E-state index is 13.1. The van der Waals surface area contributed by atoms with Crippen molar-refractivity contribution in [1.82, 2.24) is 5.32 Å². The number of ether oxygens (including phenoxy) is 1. The van der Waals surface area contributed by atoms with Crippen LogP contribution in [0.25, 0.3) is 0 Å². The number of esters is 1. The number of amidine groups is 1. The van der Waals surface area contributed by atoms with Gasteiger partial charge in [0.1, 0.15) is 16.9 Å². The van der Waals surface area contributed by atoms with Crippen molar-refractivity contribution in [3.63, 3.8) is 0 Å². The van der Waals surface area contributed by atoms with Crippen LogP contribution < -0.4 is 5.32 Å². The van der Waals surface area contributed by atoms with Crippen molar-refractivity contribution in [3.8, 4) is 0 Å². The SMILES string of the molecule is CN=C(N[C@@H](C)c1ccc(F)cc1)SC(C)(C=O)c1ccc(C(=O)OC)cc1. The molecule has 2 aromatic rings. The molecule has 0 saturated heterocycles. The molecule has 5 nitrogen and oxygen atoms in total. The van der Waals surface area contributed by atoms with E-state index in [-0.39, 0.29) is 11.9 Å². The van der Waals surface area contributed by atoms with Gasteiger partial charge in [0.2, 0.25) is 0 Å². The maximum Gasteiger partial charge on any atom is 0.337 e. The molecule has 0 aliphatic rings. The average Bonchev–Trinajstić information content (AvgIpc) is 2.73. The molecular formula is C21H23FN2O3S. The van der Waals surface area contributed by atoms with Gasteiger partial charge >= 0.3 is 5.97 Å². The van der Waals surface area contributed by atoms with Crippen LogP contribution in [0.1, 0.15) is 41.4 Å². The molecule has 0 aliphatic heterocycles. The van der Waals surface area contributed by atoms with E-state index in [2.05, 4.69) is 10.3 Å². The van der Waals surface area contributed by atoms with Crippen LogP contribution in [0, 0.1) is 5.82 Å². The highest BCUT2D eigenvalue weighted by atomic mass is 32.2. The van der Waals surface area contributed by atoms with Crippen molar-refractivity contribution in [3.05, 3.63) is 71.0 Å². The average molecular weight is 402 g/mol. The fraction of sp³-hybridized carbons (Fsp3) is 0.286. The minimum Gasteiger partial charge on any atom is -0.465 e. The Morgan fingerprint density at radius 3 is 2.32 bits per heavy atom. The smallest absolute Gasteiger partial charge is 0.337 e. The topological polar surface area (TPSA) is 67.8 Å². The molecule has 0 amide bonds. The summed E-state index contributed by atoms with van der Waals surface area (Å²) in [4.78, 5) is 27.8. The van der Waals surface area contributed by atoms with Gasteiger partial charge in [-0.25, -0.2) is 9.18 Å². The Kier molecular flexibility index (Phi) is 7.34. The number of nitrogens with one attached hydrogen (secondary N) is 1. The minimum atomic E-state index is -0.904. The van der Waals surface area contributed by atoms with E-state index < -0.39 is 10.7 Å². The number of nitrogens with zero attached hydrogens (tertiary/aromatic N) is 1. The number of carbonyl (C=O) groups excluding carboxylic acids is 2. The first-order valence-corrected chi connectivity index (χ1v) is 9.47. The predicted octanol–water partition coefficient (Wildman–Crippen LogP) is 4.10. The number of thioether (sulfide) groups is 1. The monoisotopic (exact) mass is 402 g/mol. The first-order chi connectivity index (χ1) is 13.3. The summed E-state index contributed by atoms with van der Waals surface area (Å²) in [6.07, 6.45) is 0.847. The van der Waals surface area contributed by atoms with Gasteiger partial charge in [-0.05, 0) is 49.2 Å². The summed E-state index contributed by atoms with van der Waals surface area (Å²) in [6.45, 7) is 3.72. The molecule has 1 N–H and O–H groups in total. The van der Waals surface area contributed by atoms with Crippen LogP contribution in [0.5, 0.6) is 0 Å². The second-order valence-electron chi connectivity index (χ2n) is 6.34. The zero-order chi connectivity index (χ0) is 20.7. The quantitative estimate of drug-likeness (QED) is 0.341. The normalized spacial score (nSPS) is 14.7. The molecule has 0 fully saturated rings. The van der Waals surface area contributed by atoms with Crippen LogP contribution in [0.15, 0.2) is 53.5 Å². The summed E-state index contributed by atoms with van der Waals surface area (Å²) >= 11 is 1.27. The lowest BCUT2D eigenvalue weighted by molar-refractivity contribution is -0.109. The standard InChI is InChI=1S/C21H23FN2O3S/c1-14(15-7-11-18(22)12-8-15)24-20(23-3)28-21(2,13-25)17-9-5-16(6-10-17)19(26)27-4/h5-14H,1-4H3,(H,23,24)/t14-,21?/m0/s1. The number of hydrogen-bond acceptors (Lipinski definition) is 5. The van der Waals surface area contributed by atoms with Crippen LogP contribution >= 0.6 is 11.8 Å². The third-order valence-corrected chi connectivity index (χ3v) is 5.58. The molecule has 148 valence electrons. The molecule has 0 spiro atoms. The molecule has 0 aliphatic carbocycles. The number of hydrogen-bond donors (Lipinski definition) is 1. The lowest BCUT2D eigenvalue weighted by Gasteiger charge is -2.26. The van der Waals surface area contributed by atoms with Crippen molar-refractivity contribution in [2.75, 3.05) is 14.2 Å². The van der Waals surface area contributed by atoms with E-state index in [1.165, 1.54) is 31.0 Å². The van der Waals surface area contributed by atoms with Gasteiger partial charge < -0.3 is 14.8 Å². The highest BCUT2D eigenvalue weighted by Gasteiger charge is 2.30. The summed E-state index contributed by atoms with van der Waals surface area (Å²) in [6, 6.07) is 12.8. The third kappa shape index (κ3) is 5.19. The number of rotatable bonds is 6. The Bertz CT molecular complexity index is 853. The number of benzene rings is 2. The highest BCUT2D eigenvalue weighted by Crippen LogP contribution is 2.35. The number of aliphatic imine (C=N–C) groups is 1. The fourth-order valence-corrected chi connectivity index (χ4v) is 3.60. The second kappa shape index (κ2) is 9.50. The van der Waals surface area contributed by atoms with E-state index in [1.54, 1.807) is 50.4 Å². The van der Waals surface area contributed by atoms with Crippen LogP contribution in [0.3, 0.4) is 0 Å². The van der Waals surface area contributed by atoms with Crippen molar-refractivity contribution in [1.29, 1.82) is 0 Å². The first kappa shape index (κ1) is 21.6. The van der Waals surface area contributed by atoms with E-state index in [4.69, 9.17) is 4.74 Å². The number of aldehydes is 1. The van der Waals surface area contributed by atoms with Crippen LogP contribution in [0.2, 0.25) is 0 Å². The Morgan fingerprint density at radius 2 is 1.82 bits per heavy atom. The second-order valence-corrected chi connectivity index (χ2v) is 7.78. The molecule has 1 unspecified atom stereocenters. The highest BCUT2D eigenvalue weighted by molar-refractivity contribution is 8.15.